The summed E-state index contributed by atoms with van der Waals surface area (Å²) in [5.41, 5.74) is 2.15. The SMILES string of the molecule is CCNC(=NCc1ccc(N2CCCC2=O)cc1)NCC1CCN(C)CC1.I. The molecule has 0 aliphatic carbocycles. The number of anilines is 1. The first-order valence-corrected chi connectivity index (χ1v) is 10.3. The normalized spacial score (nSPS) is 18.9. The molecule has 1 aromatic carbocycles. The average Bonchev–Trinajstić information content (AvgIpc) is 3.11. The third kappa shape index (κ3) is 6.62. The van der Waals surface area contributed by atoms with Gasteiger partial charge in [-0.25, -0.2) is 4.99 Å². The smallest absolute Gasteiger partial charge is 0.227 e. The number of nitrogens with zero attached hydrogens (tertiary/aromatic N) is 3. The molecule has 0 bridgehead atoms. The second kappa shape index (κ2) is 11.6. The Bertz CT molecular complexity index is 641. The minimum absolute atomic E-state index is 0. The summed E-state index contributed by atoms with van der Waals surface area (Å²) >= 11 is 0. The molecular formula is C21H34IN5O. The van der Waals surface area contributed by atoms with E-state index in [1.807, 2.05) is 17.0 Å². The van der Waals surface area contributed by atoms with Gasteiger partial charge >= 0.3 is 0 Å². The molecule has 1 aromatic rings. The van der Waals surface area contributed by atoms with Gasteiger partial charge in [0.25, 0.3) is 0 Å². The van der Waals surface area contributed by atoms with Crippen LogP contribution in [0.4, 0.5) is 5.69 Å². The highest BCUT2D eigenvalue weighted by molar-refractivity contribution is 14.0. The number of hydrogen-bond acceptors (Lipinski definition) is 3. The van der Waals surface area contributed by atoms with E-state index in [0.29, 0.717) is 13.0 Å². The second-order valence-corrected chi connectivity index (χ2v) is 7.64. The van der Waals surface area contributed by atoms with E-state index in [-0.39, 0.29) is 29.9 Å². The van der Waals surface area contributed by atoms with Gasteiger partial charge < -0.3 is 20.4 Å². The zero-order valence-corrected chi connectivity index (χ0v) is 19.4. The van der Waals surface area contributed by atoms with Gasteiger partial charge in [-0.05, 0) is 69.9 Å². The quantitative estimate of drug-likeness (QED) is 0.359. The Balaban J connectivity index is 0.00000280. The van der Waals surface area contributed by atoms with Gasteiger partial charge in [0.1, 0.15) is 0 Å². The molecule has 0 spiro atoms. The predicted molar refractivity (Wildman–Crippen MR) is 126 cm³/mol. The van der Waals surface area contributed by atoms with Crippen molar-refractivity contribution in [3.05, 3.63) is 29.8 Å². The Morgan fingerprint density at radius 2 is 1.86 bits per heavy atom. The van der Waals surface area contributed by atoms with Gasteiger partial charge in [-0.2, -0.15) is 0 Å². The van der Waals surface area contributed by atoms with E-state index in [2.05, 4.69) is 41.6 Å². The van der Waals surface area contributed by atoms with Crippen LogP contribution in [0.15, 0.2) is 29.3 Å². The van der Waals surface area contributed by atoms with Crippen molar-refractivity contribution in [3.63, 3.8) is 0 Å². The molecule has 0 unspecified atom stereocenters. The third-order valence-corrected chi connectivity index (χ3v) is 5.48. The first-order valence-electron chi connectivity index (χ1n) is 10.3. The molecule has 3 rings (SSSR count). The second-order valence-electron chi connectivity index (χ2n) is 7.64. The maximum Gasteiger partial charge on any atom is 0.227 e. The standard InChI is InChI=1S/C21H33N5O.HI/c1-3-22-21(24-16-18-10-13-25(2)14-11-18)23-15-17-6-8-19(9-7-17)26-12-4-5-20(26)27;/h6-9,18H,3-5,10-16H2,1-2H3,(H2,22,23,24);1H. The predicted octanol–water partition coefficient (Wildman–Crippen LogP) is 2.83. The van der Waals surface area contributed by atoms with Crippen LogP contribution in [-0.4, -0.2) is 56.5 Å². The molecule has 1 amide bonds. The molecule has 0 radical (unpaired) electrons. The van der Waals surface area contributed by atoms with Gasteiger partial charge in [0.05, 0.1) is 6.54 Å². The van der Waals surface area contributed by atoms with Crippen molar-refractivity contribution >= 4 is 41.5 Å². The van der Waals surface area contributed by atoms with Crippen LogP contribution >= 0.6 is 24.0 Å². The summed E-state index contributed by atoms with van der Waals surface area (Å²) in [5, 5.41) is 6.84. The van der Waals surface area contributed by atoms with E-state index >= 15 is 0 Å². The van der Waals surface area contributed by atoms with Gasteiger partial charge in [-0.1, -0.05) is 12.1 Å². The number of halogens is 1. The molecule has 2 fully saturated rings. The highest BCUT2D eigenvalue weighted by Crippen LogP contribution is 2.21. The van der Waals surface area contributed by atoms with Gasteiger partial charge in [0.15, 0.2) is 5.96 Å². The van der Waals surface area contributed by atoms with Crippen LogP contribution in [0.1, 0.15) is 38.2 Å². The third-order valence-electron chi connectivity index (χ3n) is 5.48. The fraction of sp³-hybridized carbons (Fsp3) is 0.619. The number of piperidine rings is 1. The largest absolute Gasteiger partial charge is 0.357 e. The average molecular weight is 499 g/mol. The van der Waals surface area contributed by atoms with E-state index in [4.69, 9.17) is 4.99 Å². The lowest BCUT2D eigenvalue weighted by molar-refractivity contribution is -0.117. The van der Waals surface area contributed by atoms with Crippen LogP contribution in [0, 0.1) is 5.92 Å². The number of aliphatic imine (C=N–C) groups is 1. The molecule has 0 saturated carbocycles. The fourth-order valence-electron chi connectivity index (χ4n) is 3.72. The van der Waals surface area contributed by atoms with Crippen LogP contribution < -0.4 is 15.5 Å². The first-order chi connectivity index (χ1) is 13.2. The molecule has 28 heavy (non-hydrogen) atoms. The molecule has 156 valence electrons. The Hall–Kier alpha value is -1.35. The molecule has 0 aromatic heterocycles. The minimum atomic E-state index is 0. The number of carbonyl (C=O) groups is 1. The molecule has 2 heterocycles. The number of carbonyl (C=O) groups excluding carboxylic acids is 1. The van der Waals surface area contributed by atoms with E-state index in [1.54, 1.807) is 0 Å². The molecular weight excluding hydrogens is 465 g/mol. The van der Waals surface area contributed by atoms with Crippen molar-refractivity contribution in [2.45, 2.75) is 39.2 Å². The molecule has 6 nitrogen and oxygen atoms in total. The van der Waals surface area contributed by atoms with Crippen molar-refractivity contribution in [2.24, 2.45) is 10.9 Å². The van der Waals surface area contributed by atoms with Crippen LogP contribution in [0.25, 0.3) is 0 Å². The van der Waals surface area contributed by atoms with Gasteiger partial charge in [0, 0.05) is 31.7 Å². The summed E-state index contributed by atoms with van der Waals surface area (Å²) in [6.45, 7) is 7.77. The number of hydrogen-bond donors (Lipinski definition) is 2. The monoisotopic (exact) mass is 499 g/mol. The van der Waals surface area contributed by atoms with Crippen LogP contribution in [0.2, 0.25) is 0 Å². The number of guanidine groups is 1. The van der Waals surface area contributed by atoms with Crippen molar-refractivity contribution in [1.82, 2.24) is 15.5 Å². The van der Waals surface area contributed by atoms with Crippen molar-refractivity contribution in [1.29, 1.82) is 0 Å². The highest BCUT2D eigenvalue weighted by Gasteiger charge is 2.21. The maximum atomic E-state index is 11.9. The molecule has 2 aliphatic heterocycles. The number of rotatable bonds is 6. The number of likely N-dealkylation sites (tertiary alicyclic amines) is 1. The van der Waals surface area contributed by atoms with Crippen molar-refractivity contribution < 1.29 is 4.79 Å². The summed E-state index contributed by atoms with van der Waals surface area (Å²) in [6.07, 6.45) is 4.13. The molecule has 2 aliphatic rings. The first kappa shape index (κ1) is 22.9. The molecule has 2 saturated heterocycles. The van der Waals surface area contributed by atoms with Gasteiger partial charge in [-0.15, -0.1) is 24.0 Å². The van der Waals surface area contributed by atoms with Crippen molar-refractivity contribution in [3.8, 4) is 0 Å². The Morgan fingerprint density at radius 3 is 2.46 bits per heavy atom. The Labute approximate surface area is 186 Å². The lowest BCUT2D eigenvalue weighted by Crippen LogP contribution is -2.42. The Morgan fingerprint density at radius 1 is 1.14 bits per heavy atom. The number of amides is 1. The van der Waals surface area contributed by atoms with Gasteiger partial charge in [-0.3, -0.25) is 4.79 Å². The Kier molecular flexibility index (Phi) is 9.50. The summed E-state index contributed by atoms with van der Waals surface area (Å²) in [4.78, 5) is 20.9. The summed E-state index contributed by atoms with van der Waals surface area (Å²) in [7, 11) is 2.19. The van der Waals surface area contributed by atoms with Crippen LogP contribution in [0.5, 0.6) is 0 Å². The number of nitrogens with one attached hydrogen (secondary N) is 2. The highest BCUT2D eigenvalue weighted by atomic mass is 127. The van der Waals surface area contributed by atoms with E-state index in [9.17, 15) is 4.79 Å². The van der Waals surface area contributed by atoms with Crippen molar-refractivity contribution in [2.75, 3.05) is 44.7 Å². The van der Waals surface area contributed by atoms with Gasteiger partial charge in [0.2, 0.25) is 5.91 Å². The maximum absolute atomic E-state index is 11.9. The lowest BCUT2D eigenvalue weighted by Gasteiger charge is -2.29. The number of benzene rings is 1. The van der Waals surface area contributed by atoms with E-state index in [0.717, 1.165) is 49.2 Å². The van der Waals surface area contributed by atoms with Crippen LogP contribution in [-0.2, 0) is 11.3 Å². The van der Waals surface area contributed by atoms with E-state index in [1.165, 1.54) is 25.9 Å². The topological polar surface area (TPSA) is 60.0 Å². The lowest BCUT2D eigenvalue weighted by atomic mass is 9.97. The zero-order chi connectivity index (χ0) is 19.1. The summed E-state index contributed by atoms with van der Waals surface area (Å²) < 4.78 is 0. The molecule has 7 heteroatoms. The fourth-order valence-corrected chi connectivity index (χ4v) is 3.72. The zero-order valence-electron chi connectivity index (χ0n) is 17.1. The van der Waals surface area contributed by atoms with E-state index < -0.39 is 0 Å². The van der Waals surface area contributed by atoms with Crippen LogP contribution in [0.3, 0.4) is 0 Å². The minimum Gasteiger partial charge on any atom is -0.357 e. The summed E-state index contributed by atoms with van der Waals surface area (Å²) in [6, 6.07) is 8.22. The molecule has 2 N–H and O–H groups in total. The molecule has 0 atom stereocenters. The summed E-state index contributed by atoms with van der Waals surface area (Å²) in [5.74, 6) is 1.84.